The largest absolute Gasteiger partial charge is 0.480 e. The van der Waals surface area contributed by atoms with Crippen molar-refractivity contribution in [3.05, 3.63) is 96.1 Å². The normalized spacial score (nSPS) is 15.0. The van der Waals surface area contributed by atoms with Gasteiger partial charge in [0.15, 0.2) is 0 Å². The zero-order valence-electron chi connectivity index (χ0n) is 23.6. The van der Waals surface area contributed by atoms with E-state index in [0.717, 1.165) is 16.7 Å². The summed E-state index contributed by atoms with van der Waals surface area (Å²) in [6, 6.07) is 24.3. The third-order valence-electron chi connectivity index (χ3n) is 6.30. The van der Waals surface area contributed by atoms with Crippen LogP contribution < -0.4 is 10.6 Å². The number of carbonyl (C=O) groups is 3. The molecule has 0 aliphatic rings. The molecule has 3 rings (SSSR count). The van der Waals surface area contributed by atoms with E-state index in [0.29, 0.717) is 5.56 Å². The van der Waals surface area contributed by atoms with Crippen molar-refractivity contribution < 1.29 is 33.7 Å². The van der Waals surface area contributed by atoms with Crippen LogP contribution in [0.25, 0.3) is 11.1 Å². The second kappa shape index (κ2) is 13.6. The fraction of sp³-hybridized carbons (Fsp3) is 0.323. The van der Waals surface area contributed by atoms with Gasteiger partial charge in [0, 0.05) is 6.16 Å². The Bertz CT molecular complexity index is 1370. The van der Waals surface area contributed by atoms with E-state index in [4.69, 9.17) is 4.74 Å². The molecule has 3 aromatic carbocycles. The Morgan fingerprint density at radius 3 is 1.93 bits per heavy atom. The van der Waals surface area contributed by atoms with E-state index in [1.54, 1.807) is 51.1 Å². The summed E-state index contributed by atoms with van der Waals surface area (Å²) in [5.41, 5.74) is 2.24. The van der Waals surface area contributed by atoms with E-state index in [9.17, 15) is 28.9 Å². The van der Waals surface area contributed by atoms with Crippen molar-refractivity contribution >= 4 is 25.3 Å². The molecule has 0 radical (unpaired) electrons. The maximum absolute atomic E-state index is 14.0. The summed E-state index contributed by atoms with van der Waals surface area (Å²) in [6.07, 6.45) is -1.31. The summed E-state index contributed by atoms with van der Waals surface area (Å²) >= 11 is 0. The zero-order valence-corrected chi connectivity index (χ0v) is 24.5. The molecule has 4 N–H and O–H groups in total. The van der Waals surface area contributed by atoms with E-state index >= 15 is 0 Å². The SMILES string of the molecule is C[C@H](NC(=O)[C@H](Cc1ccc(-c2ccccc2)cc1)CP(=O)(O)[C@@H](NC(=O)OC(C)(C)C)c1ccccc1)C(=O)O. The first-order valence-corrected chi connectivity index (χ1v) is 15.2. The number of carboxylic acids is 1. The highest BCUT2D eigenvalue weighted by molar-refractivity contribution is 7.58. The fourth-order valence-corrected chi connectivity index (χ4v) is 6.36. The van der Waals surface area contributed by atoms with E-state index in [-0.39, 0.29) is 6.42 Å². The van der Waals surface area contributed by atoms with Gasteiger partial charge >= 0.3 is 12.1 Å². The third-order valence-corrected chi connectivity index (χ3v) is 8.50. The molecular weight excluding hydrogens is 543 g/mol. The Labute approximate surface area is 240 Å². The molecule has 218 valence electrons. The van der Waals surface area contributed by atoms with Crippen LogP contribution in [0.1, 0.15) is 44.6 Å². The minimum Gasteiger partial charge on any atom is -0.480 e. The summed E-state index contributed by atoms with van der Waals surface area (Å²) in [5, 5.41) is 14.3. The standard InChI is InChI=1S/C31H37N2O7P/c1-21(29(35)36)32-27(34)26(19-22-15-17-24(18-16-22)23-11-7-5-8-12-23)20-41(38,39)28(25-13-9-6-10-14-25)33-30(37)40-31(2,3)4/h5-18,21,26,28H,19-20H2,1-4H3,(H,32,34)(H,33,37)(H,35,36)(H,38,39)/t21-,26+,28+/m0/s1. The molecule has 0 aliphatic heterocycles. The van der Waals surface area contributed by atoms with Gasteiger partial charge < -0.3 is 25.4 Å². The lowest BCUT2D eigenvalue weighted by Gasteiger charge is -2.29. The van der Waals surface area contributed by atoms with Gasteiger partial charge in [0.05, 0.1) is 5.92 Å². The summed E-state index contributed by atoms with van der Waals surface area (Å²) < 4.78 is 19.3. The minimum absolute atomic E-state index is 0.0751. The molecule has 0 heterocycles. The van der Waals surface area contributed by atoms with Gasteiger partial charge in [0.25, 0.3) is 0 Å². The van der Waals surface area contributed by atoms with Crippen molar-refractivity contribution in [1.82, 2.24) is 10.6 Å². The number of amides is 2. The van der Waals surface area contributed by atoms with E-state index in [1.165, 1.54) is 6.92 Å². The van der Waals surface area contributed by atoms with Crippen LogP contribution in [0.2, 0.25) is 0 Å². The number of ether oxygens (including phenoxy) is 1. The highest BCUT2D eigenvalue weighted by atomic mass is 31.2. The smallest absolute Gasteiger partial charge is 0.408 e. The van der Waals surface area contributed by atoms with Crippen LogP contribution in [0, 0.1) is 5.92 Å². The Morgan fingerprint density at radius 1 is 0.854 bits per heavy atom. The van der Waals surface area contributed by atoms with Gasteiger partial charge in [-0.05, 0) is 56.4 Å². The minimum atomic E-state index is -4.34. The lowest BCUT2D eigenvalue weighted by Crippen LogP contribution is -2.43. The van der Waals surface area contributed by atoms with E-state index in [1.807, 2.05) is 54.6 Å². The van der Waals surface area contributed by atoms with Crippen molar-refractivity contribution in [1.29, 1.82) is 0 Å². The second-order valence-corrected chi connectivity index (χ2v) is 13.3. The molecule has 0 aliphatic carbocycles. The average Bonchev–Trinajstić information content (AvgIpc) is 2.91. The highest BCUT2D eigenvalue weighted by Crippen LogP contribution is 2.55. The van der Waals surface area contributed by atoms with Crippen LogP contribution in [0.4, 0.5) is 4.79 Å². The van der Waals surface area contributed by atoms with E-state index < -0.39 is 54.8 Å². The van der Waals surface area contributed by atoms with Crippen LogP contribution in [0.5, 0.6) is 0 Å². The molecule has 0 aromatic heterocycles. The molecule has 0 bridgehead atoms. The van der Waals surface area contributed by atoms with E-state index in [2.05, 4.69) is 10.6 Å². The summed E-state index contributed by atoms with van der Waals surface area (Å²) in [7, 11) is -4.34. The predicted octanol–water partition coefficient (Wildman–Crippen LogP) is 5.60. The topological polar surface area (TPSA) is 142 Å². The van der Waals surface area contributed by atoms with Gasteiger partial charge in [-0.3, -0.25) is 14.2 Å². The molecule has 10 heteroatoms. The van der Waals surface area contributed by atoms with Gasteiger partial charge in [-0.15, -0.1) is 0 Å². The van der Waals surface area contributed by atoms with Gasteiger partial charge in [-0.1, -0.05) is 84.9 Å². The first kappa shape index (κ1) is 31.6. The Balaban J connectivity index is 1.91. The number of rotatable bonds is 11. The molecule has 41 heavy (non-hydrogen) atoms. The lowest BCUT2D eigenvalue weighted by molar-refractivity contribution is -0.141. The van der Waals surface area contributed by atoms with Crippen LogP contribution in [-0.2, 0) is 25.3 Å². The number of alkyl carbamates (subject to hydrolysis) is 1. The van der Waals surface area contributed by atoms with Crippen molar-refractivity contribution in [2.24, 2.45) is 5.92 Å². The Kier molecular flexibility index (Phi) is 10.5. The average molecular weight is 581 g/mol. The molecule has 2 amide bonds. The maximum Gasteiger partial charge on any atom is 0.408 e. The second-order valence-electron chi connectivity index (χ2n) is 10.9. The maximum atomic E-state index is 14.0. The number of hydrogen-bond acceptors (Lipinski definition) is 5. The number of carbonyl (C=O) groups excluding carboxylic acids is 2. The molecule has 0 saturated heterocycles. The van der Waals surface area contributed by atoms with Crippen LogP contribution in [0.15, 0.2) is 84.9 Å². The number of carboxylic acid groups (broad SMARTS) is 1. The number of hydrogen-bond donors (Lipinski definition) is 4. The summed E-state index contributed by atoms with van der Waals surface area (Å²) in [4.78, 5) is 48.8. The molecular formula is C31H37N2O7P. The number of aliphatic carboxylic acids is 1. The molecule has 0 spiro atoms. The van der Waals surface area contributed by atoms with Gasteiger partial charge in [0.2, 0.25) is 13.3 Å². The monoisotopic (exact) mass is 580 g/mol. The van der Waals surface area contributed by atoms with Gasteiger partial charge in [-0.2, -0.15) is 0 Å². The van der Waals surface area contributed by atoms with Crippen molar-refractivity contribution in [2.75, 3.05) is 6.16 Å². The van der Waals surface area contributed by atoms with Crippen LogP contribution >= 0.6 is 7.37 Å². The molecule has 9 nitrogen and oxygen atoms in total. The van der Waals surface area contributed by atoms with Crippen molar-refractivity contribution in [2.45, 2.75) is 51.5 Å². The first-order valence-electron chi connectivity index (χ1n) is 13.3. The molecule has 4 atom stereocenters. The first-order chi connectivity index (χ1) is 19.2. The third kappa shape index (κ3) is 9.59. The van der Waals surface area contributed by atoms with Gasteiger partial charge in [-0.25, -0.2) is 4.79 Å². The number of nitrogens with one attached hydrogen (secondary N) is 2. The molecule has 1 unspecified atom stereocenters. The van der Waals surface area contributed by atoms with Gasteiger partial charge in [0.1, 0.15) is 17.4 Å². The molecule has 0 fully saturated rings. The lowest BCUT2D eigenvalue weighted by atomic mass is 9.97. The highest BCUT2D eigenvalue weighted by Gasteiger charge is 2.39. The summed E-state index contributed by atoms with van der Waals surface area (Å²) in [6.45, 7) is 6.35. The fourth-order valence-electron chi connectivity index (χ4n) is 4.27. The number of benzene rings is 3. The van der Waals surface area contributed by atoms with Crippen LogP contribution in [-0.4, -0.2) is 45.8 Å². The van der Waals surface area contributed by atoms with Crippen molar-refractivity contribution in [3.8, 4) is 11.1 Å². The van der Waals surface area contributed by atoms with Crippen molar-refractivity contribution in [3.63, 3.8) is 0 Å². The quantitative estimate of drug-likeness (QED) is 0.217. The Morgan fingerprint density at radius 2 is 1.39 bits per heavy atom. The Hall–Kier alpha value is -3.94. The molecule has 3 aromatic rings. The zero-order chi connectivity index (χ0) is 30.2. The summed E-state index contributed by atoms with van der Waals surface area (Å²) in [5.74, 6) is -4.33. The predicted molar refractivity (Wildman–Crippen MR) is 158 cm³/mol. The molecule has 0 saturated carbocycles. The van der Waals surface area contributed by atoms with Crippen LogP contribution in [0.3, 0.4) is 0 Å².